The molecule has 0 saturated heterocycles. The number of nitrogens with zero attached hydrogens (tertiary/aromatic N) is 4. The predicted molar refractivity (Wildman–Crippen MR) is 120 cm³/mol. The van der Waals surface area contributed by atoms with Crippen molar-refractivity contribution >= 4 is 34.6 Å². The Bertz CT molecular complexity index is 987. The van der Waals surface area contributed by atoms with Gasteiger partial charge in [0.15, 0.2) is 0 Å². The molecule has 0 aliphatic rings. The van der Waals surface area contributed by atoms with E-state index >= 15 is 0 Å². The van der Waals surface area contributed by atoms with Crippen LogP contribution in [0.5, 0.6) is 0 Å². The summed E-state index contributed by atoms with van der Waals surface area (Å²) in [5.74, 6) is 0. The van der Waals surface area contributed by atoms with E-state index in [-0.39, 0.29) is 5.41 Å². The van der Waals surface area contributed by atoms with Gasteiger partial charge in [0.25, 0.3) is 0 Å². The van der Waals surface area contributed by atoms with Gasteiger partial charge in [-0.1, -0.05) is 92.5 Å². The molecule has 0 saturated carbocycles. The van der Waals surface area contributed by atoms with Crippen molar-refractivity contribution in [1.29, 1.82) is 0 Å². The molecule has 1 atom stereocenters. The van der Waals surface area contributed by atoms with E-state index in [0.717, 1.165) is 11.3 Å². The fraction of sp³-hybridized carbons (Fsp3) is 0.217. The van der Waals surface area contributed by atoms with Crippen molar-refractivity contribution in [2.75, 3.05) is 0 Å². The van der Waals surface area contributed by atoms with Crippen LogP contribution < -0.4 is 0 Å². The van der Waals surface area contributed by atoms with Gasteiger partial charge in [-0.3, -0.25) is 0 Å². The molecule has 0 radical (unpaired) electrons. The highest BCUT2D eigenvalue weighted by Gasteiger charge is 2.16. The molecular weight excluding hydrogens is 403 g/mol. The standard InChI is InChI=1S/C23H22Cl2N4/c1-23(2,3)17-14-12-16(13-15-17)22(28-26-18-8-5-4-6-9-18)29-27-21-19(24)10-7-11-20(21)25/h4-15,22H,1-3H3. The first-order valence-corrected chi connectivity index (χ1v) is 10.0. The number of rotatable bonds is 5. The second-order valence-corrected chi connectivity index (χ2v) is 8.40. The van der Waals surface area contributed by atoms with Gasteiger partial charge in [0, 0.05) is 5.56 Å². The molecule has 0 heterocycles. The summed E-state index contributed by atoms with van der Waals surface area (Å²) >= 11 is 12.4. The van der Waals surface area contributed by atoms with Crippen LogP contribution in [0.4, 0.5) is 11.4 Å². The summed E-state index contributed by atoms with van der Waals surface area (Å²) in [6, 6.07) is 22.9. The molecule has 6 heteroatoms. The largest absolute Gasteiger partial charge is 0.206 e. The molecule has 0 aliphatic heterocycles. The zero-order valence-corrected chi connectivity index (χ0v) is 18.1. The van der Waals surface area contributed by atoms with Crippen LogP contribution in [0.1, 0.15) is 38.1 Å². The van der Waals surface area contributed by atoms with E-state index in [9.17, 15) is 0 Å². The first-order valence-electron chi connectivity index (χ1n) is 9.26. The van der Waals surface area contributed by atoms with Crippen LogP contribution in [0.3, 0.4) is 0 Å². The molecule has 0 aromatic heterocycles. The highest BCUT2D eigenvalue weighted by atomic mass is 35.5. The average Bonchev–Trinajstić information content (AvgIpc) is 2.70. The third-order valence-corrected chi connectivity index (χ3v) is 4.93. The van der Waals surface area contributed by atoms with Gasteiger partial charge in [0.1, 0.15) is 5.69 Å². The number of hydrogen-bond donors (Lipinski definition) is 0. The Labute approximate surface area is 181 Å². The monoisotopic (exact) mass is 424 g/mol. The van der Waals surface area contributed by atoms with E-state index in [0.29, 0.717) is 15.7 Å². The van der Waals surface area contributed by atoms with Crippen LogP contribution >= 0.6 is 23.2 Å². The van der Waals surface area contributed by atoms with Gasteiger partial charge in [-0.05, 0) is 35.2 Å². The lowest BCUT2D eigenvalue weighted by Crippen LogP contribution is -2.10. The van der Waals surface area contributed by atoms with E-state index in [2.05, 4.69) is 53.4 Å². The highest BCUT2D eigenvalue weighted by Crippen LogP contribution is 2.35. The average molecular weight is 425 g/mol. The Morgan fingerprint density at radius 3 is 1.86 bits per heavy atom. The number of halogens is 2. The van der Waals surface area contributed by atoms with Gasteiger partial charge < -0.3 is 0 Å². The smallest absolute Gasteiger partial charge is 0.154 e. The van der Waals surface area contributed by atoms with E-state index in [1.165, 1.54) is 5.56 Å². The molecule has 3 rings (SSSR count). The minimum Gasteiger partial charge on any atom is -0.154 e. The molecule has 29 heavy (non-hydrogen) atoms. The first-order chi connectivity index (χ1) is 13.8. The third-order valence-electron chi connectivity index (χ3n) is 4.32. The van der Waals surface area contributed by atoms with E-state index in [4.69, 9.17) is 23.2 Å². The normalized spacial score (nSPS) is 13.3. The highest BCUT2D eigenvalue weighted by molar-refractivity contribution is 6.38. The molecule has 148 valence electrons. The summed E-state index contributed by atoms with van der Waals surface area (Å²) in [5, 5.41) is 18.3. The topological polar surface area (TPSA) is 49.4 Å². The Hall–Kier alpha value is -2.56. The van der Waals surface area contributed by atoms with Gasteiger partial charge in [-0.25, -0.2) is 0 Å². The zero-order chi connectivity index (χ0) is 20.9. The quantitative estimate of drug-likeness (QED) is 0.367. The Balaban J connectivity index is 1.95. The lowest BCUT2D eigenvalue weighted by Gasteiger charge is -2.19. The number of azo groups is 2. The van der Waals surface area contributed by atoms with E-state index < -0.39 is 6.17 Å². The van der Waals surface area contributed by atoms with Gasteiger partial charge >= 0.3 is 0 Å². The molecule has 3 aromatic carbocycles. The summed E-state index contributed by atoms with van der Waals surface area (Å²) in [6.07, 6.45) is -0.614. The van der Waals surface area contributed by atoms with Gasteiger partial charge in [0.05, 0.1) is 15.7 Å². The molecule has 0 bridgehead atoms. The molecule has 0 aliphatic carbocycles. The van der Waals surface area contributed by atoms with Crippen LogP contribution in [-0.2, 0) is 5.41 Å². The van der Waals surface area contributed by atoms with Crippen molar-refractivity contribution in [2.24, 2.45) is 20.5 Å². The molecule has 4 nitrogen and oxygen atoms in total. The van der Waals surface area contributed by atoms with E-state index in [1.807, 2.05) is 42.5 Å². The Morgan fingerprint density at radius 1 is 0.690 bits per heavy atom. The summed E-state index contributed by atoms with van der Waals surface area (Å²) < 4.78 is 0. The molecule has 0 amide bonds. The van der Waals surface area contributed by atoms with Crippen LogP contribution in [0, 0.1) is 0 Å². The van der Waals surface area contributed by atoms with Crippen molar-refractivity contribution in [1.82, 2.24) is 0 Å². The number of benzene rings is 3. The van der Waals surface area contributed by atoms with Gasteiger partial charge in [0.2, 0.25) is 6.17 Å². The van der Waals surface area contributed by atoms with Crippen molar-refractivity contribution in [3.05, 3.63) is 94.0 Å². The van der Waals surface area contributed by atoms with Crippen molar-refractivity contribution in [2.45, 2.75) is 32.4 Å². The second-order valence-electron chi connectivity index (χ2n) is 7.58. The van der Waals surface area contributed by atoms with E-state index in [1.54, 1.807) is 18.2 Å². The van der Waals surface area contributed by atoms with Crippen molar-refractivity contribution < 1.29 is 0 Å². The van der Waals surface area contributed by atoms with Crippen LogP contribution in [0.25, 0.3) is 0 Å². The molecule has 3 aromatic rings. The minimum absolute atomic E-state index is 0.0617. The minimum atomic E-state index is -0.614. The molecular formula is C23H22Cl2N4. The maximum absolute atomic E-state index is 6.21. The van der Waals surface area contributed by atoms with Crippen LogP contribution in [-0.4, -0.2) is 0 Å². The number of hydrogen-bond acceptors (Lipinski definition) is 4. The SMILES string of the molecule is CC(C)(C)c1ccc(C(N=Nc2ccccc2)N=Nc2c(Cl)cccc2Cl)cc1. The van der Waals surface area contributed by atoms with Crippen molar-refractivity contribution in [3.8, 4) is 0 Å². The molecule has 0 N–H and O–H groups in total. The lowest BCUT2D eigenvalue weighted by molar-refractivity contribution is 0.589. The fourth-order valence-corrected chi connectivity index (χ4v) is 3.10. The molecule has 0 fully saturated rings. The maximum atomic E-state index is 6.21. The van der Waals surface area contributed by atoms with Crippen LogP contribution in [0.2, 0.25) is 10.0 Å². The van der Waals surface area contributed by atoms with Crippen LogP contribution in [0.15, 0.2) is 93.3 Å². The zero-order valence-electron chi connectivity index (χ0n) is 16.6. The molecule has 1 unspecified atom stereocenters. The Morgan fingerprint density at radius 2 is 1.28 bits per heavy atom. The maximum Gasteiger partial charge on any atom is 0.206 e. The first kappa shape index (κ1) is 21.2. The predicted octanol–water partition coefficient (Wildman–Crippen LogP) is 8.86. The van der Waals surface area contributed by atoms with Crippen molar-refractivity contribution in [3.63, 3.8) is 0 Å². The van der Waals surface area contributed by atoms with Gasteiger partial charge in [-0.2, -0.15) is 20.5 Å². The summed E-state index contributed by atoms with van der Waals surface area (Å²) in [6.45, 7) is 6.52. The summed E-state index contributed by atoms with van der Waals surface area (Å²) in [4.78, 5) is 0. The summed E-state index contributed by atoms with van der Waals surface area (Å²) in [5.41, 5.74) is 3.33. The third kappa shape index (κ3) is 5.72. The molecule has 0 spiro atoms. The summed E-state index contributed by atoms with van der Waals surface area (Å²) in [7, 11) is 0. The Kier molecular flexibility index (Phi) is 6.78. The fourth-order valence-electron chi connectivity index (χ4n) is 2.62. The lowest BCUT2D eigenvalue weighted by atomic mass is 9.86. The van der Waals surface area contributed by atoms with Gasteiger partial charge in [-0.15, -0.1) is 0 Å². The second kappa shape index (κ2) is 9.29.